The third kappa shape index (κ3) is 6.63. The van der Waals surface area contributed by atoms with Gasteiger partial charge in [-0.3, -0.25) is 0 Å². The van der Waals surface area contributed by atoms with Crippen molar-refractivity contribution in [3.63, 3.8) is 0 Å². The number of halogens is 2. The van der Waals surface area contributed by atoms with Gasteiger partial charge in [-0.05, 0) is 23.1 Å². The number of aliphatic hydroxyl groups excluding tert-OH is 1. The van der Waals surface area contributed by atoms with Crippen molar-refractivity contribution in [1.82, 2.24) is 24.3 Å². The summed E-state index contributed by atoms with van der Waals surface area (Å²) in [5, 5.41) is 31.3. The van der Waals surface area contributed by atoms with Crippen LogP contribution >= 0.6 is 0 Å². The molecule has 13 heteroatoms. The monoisotopic (exact) mass is 778 g/mol. The number of nitrogens with one attached hydrogen (secondary N) is 1. The van der Waals surface area contributed by atoms with Crippen LogP contribution < -0.4 is 37.6 Å². The molecule has 0 atom stereocenters. The molecule has 0 saturated heterocycles. The number of fused-ring (bicyclic) bond motifs is 4. The number of allylic oxidation sites excluding steroid dienone is 2. The average molecular weight is 779 g/mol. The number of carbonyl (C=O) groups excluding carboxylic acids is 1. The first kappa shape index (κ1) is 34.4. The molecule has 11 nitrogen and oxygen atoms in total. The van der Waals surface area contributed by atoms with Crippen LogP contribution in [0.4, 0.5) is 10.1 Å². The summed E-state index contributed by atoms with van der Waals surface area (Å²) in [5.41, 5.74) is 2.84. The summed E-state index contributed by atoms with van der Waals surface area (Å²) in [5.74, 6) is -0.860. The van der Waals surface area contributed by atoms with Crippen LogP contribution in [0.2, 0.25) is 0 Å². The Morgan fingerprint density at radius 3 is 2.63 bits per heavy atom. The molecule has 4 heterocycles. The number of rotatable bonds is 6. The van der Waals surface area contributed by atoms with E-state index in [2.05, 4.69) is 10.4 Å². The number of aliphatic hydroxyl groups is 1. The topological polar surface area (TPSA) is 136 Å². The summed E-state index contributed by atoms with van der Waals surface area (Å²) in [6, 6.07) is 10.1. The number of hydrogen-bond acceptors (Lipinski definition) is 8. The maximum absolute atomic E-state index is 15.5. The van der Waals surface area contributed by atoms with Gasteiger partial charge in [0.1, 0.15) is 0 Å². The number of pyridine rings is 1. The summed E-state index contributed by atoms with van der Waals surface area (Å²) in [6.07, 6.45) is 6.69. The van der Waals surface area contributed by atoms with Crippen LogP contribution in [0.25, 0.3) is 27.6 Å². The minimum atomic E-state index is -0.739. The van der Waals surface area contributed by atoms with Crippen molar-refractivity contribution in [2.75, 3.05) is 25.5 Å². The van der Waals surface area contributed by atoms with Gasteiger partial charge in [-0.1, -0.05) is 20.8 Å². The van der Waals surface area contributed by atoms with Gasteiger partial charge in [0, 0.05) is 0 Å². The summed E-state index contributed by atoms with van der Waals surface area (Å²) < 4.78 is 20.8. The van der Waals surface area contributed by atoms with Crippen LogP contribution in [-0.4, -0.2) is 55.5 Å². The average Bonchev–Trinajstić information content (AvgIpc) is 3.37. The summed E-state index contributed by atoms with van der Waals surface area (Å²) in [7, 11) is 3.23. The van der Waals surface area contributed by atoms with Crippen molar-refractivity contribution in [2.24, 2.45) is 7.05 Å². The predicted octanol–water partition coefficient (Wildman–Crippen LogP) is 1.25. The normalized spacial score (nSPS) is 14.9. The van der Waals surface area contributed by atoms with Crippen LogP contribution in [0.15, 0.2) is 83.8 Å². The van der Waals surface area contributed by atoms with Crippen LogP contribution in [-0.2, 0) is 30.3 Å². The quantitative estimate of drug-likeness (QED) is 0.221. The summed E-state index contributed by atoms with van der Waals surface area (Å²) in [6.45, 7) is 5.80. The van der Waals surface area contributed by atoms with Crippen molar-refractivity contribution >= 4 is 22.4 Å². The van der Waals surface area contributed by atoms with Gasteiger partial charge < -0.3 is 0 Å². The van der Waals surface area contributed by atoms with E-state index in [1.807, 2.05) is 30.9 Å². The second kappa shape index (κ2) is 13.5. The molecule has 0 spiro atoms. The van der Waals surface area contributed by atoms with Gasteiger partial charge in [0.05, 0.1) is 0 Å². The number of hydrogen-bond donors (Lipinski definition) is 2. The van der Waals surface area contributed by atoms with E-state index in [4.69, 9.17) is 0 Å². The molecule has 0 unspecified atom stereocenters. The minimum absolute atomic E-state index is 0.0757. The van der Waals surface area contributed by atoms with Gasteiger partial charge in [-0.25, -0.2) is 4.39 Å². The van der Waals surface area contributed by atoms with Crippen molar-refractivity contribution in [3.05, 3.63) is 123 Å². The maximum atomic E-state index is 15.5. The molecule has 4 aromatic rings. The molecule has 0 radical (unpaired) electrons. The fourth-order valence-electron chi connectivity index (χ4n) is 5.95. The molecule has 0 fully saturated rings. The van der Waals surface area contributed by atoms with E-state index < -0.39 is 32.6 Å². The van der Waals surface area contributed by atoms with Gasteiger partial charge in [0.25, 0.3) is 0 Å². The van der Waals surface area contributed by atoms with Gasteiger partial charge in [-0.2, -0.15) is 0 Å². The number of anilines is 1. The second-order valence-corrected chi connectivity index (χ2v) is 15.5. The van der Waals surface area contributed by atoms with Crippen molar-refractivity contribution in [2.45, 2.75) is 39.3 Å². The van der Waals surface area contributed by atoms with Gasteiger partial charge in [-0.15, -0.1) is 0 Å². The molecule has 0 bridgehead atoms. The van der Waals surface area contributed by atoms with Crippen molar-refractivity contribution < 1.29 is 35.5 Å². The van der Waals surface area contributed by atoms with Gasteiger partial charge in [0.2, 0.25) is 0 Å². The molecular formula is C36H36FIN6O5-2. The number of carbonyl (C=O) groups is 1. The molecule has 2 aliphatic heterocycles. The predicted molar refractivity (Wildman–Crippen MR) is 183 cm³/mol. The Hall–Kier alpha value is -4.44. The first-order valence-corrected chi connectivity index (χ1v) is 18.0. The van der Waals surface area contributed by atoms with Crippen LogP contribution in [0.3, 0.4) is 0 Å². The Labute approximate surface area is 292 Å². The zero-order chi connectivity index (χ0) is 35.2. The molecule has 2 aliphatic rings. The molecule has 2 N–H and O–H groups in total. The fraction of sp³-hybridized carbons (Fsp3) is 0.278. The third-order valence-corrected chi connectivity index (χ3v) is 10.7. The van der Waals surface area contributed by atoms with E-state index in [0.29, 0.717) is 39.0 Å². The first-order valence-electron chi connectivity index (χ1n) is 15.6. The van der Waals surface area contributed by atoms with Crippen LogP contribution in [0.5, 0.6) is 0 Å². The number of benzene rings is 2. The SMILES string of the molecule is CN(CCO)C(=O)C1=CC=C(Nc2cc3c(n(C)c2=O)CN([O-])Cc2c-3cccc2-n2ncc3cc(C(C)(C)C)cc(F)c3c2=O)[I-]C=C1. The second-order valence-electron chi connectivity index (χ2n) is 13.0. The summed E-state index contributed by atoms with van der Waals surface area (Å²) >= 11 is -0.739. The molecule has 49 heavy (non-hydrogen) atoms. The fourth-order valence-corrected chi connectivity index (χ4v) is 7.74. The van der Waals surface area contributed by atoms with Crippen molar-refractivity contribution in [1.29, 1.82) is 0 Å². The number of likely N-dealkylation sites (N-methyl/N-ethyl adjacent to an activating group) is 1. The Morgan fingerprint density at radius 2 is 1.90 bits per heavy atom. The Kier molecular flexibility index (Phi) is 9.46. The third-order valence-electron chi connectivity index (χ3n) is 8.69. The summed E-state index contributed by atoms with van der Waals surface area (Å²) in [4.78, 5) is 41.6. The van der Waals surface area contributed by atoms with E-state index in [0.717, 1.165) is 19.0 Å². The van der Waals surface area contributed by atoms with E-state index in [1.165, 1.54) is 21.7 Å². The number of nitrogens with zero attached hydrogens (tertiary/aromatic N) is 5. The standard InChI is InChI=1S/C36H36FIN6O5/c1-36(2,3)23-15-22-18-39-44(35(48)32(22)27(37)16-23)29-8-6-7-24-25-17-28(34(47)42(5)30(25)20-43(49)19-26(24)29)40-31-10-9-21(11-12-38-31)33(46)41(4)13-14-45/h6-12,15-18,40,45H,13-14,19-20H2,1-5H3/q-2. The van der Waals surface area contributed by atoms with Crippen molar-refractivity contribution in [3.8, 4) is 16.8 Å². The number of aromatic nitrogens is 3. The van der Waals surface area contributed by atoms with E-state index in [1.54, 1.807) is 56.6 Å². The van der Waals surface area contributed by atoms with Crippen LogP contribution in [0.1, 0.15) is 37.6 Å². The van der Waals surface area contributed by atoms with E-state index >= 15 is 4.39 Å². The molecule has 2 aromatic carbocycles. The Morgan fingerprint density at radius 1 is 1.12 bits per heavy atom. The molecule has 0 aliphatic carbocycles. The number of amides is 1. The number of hydroxylamine groups is 2. The zero-order valence-corrected chi connectivity index (χ0v) is 29.9. The molecule has 1 amide bonds. The molecule has 256 valence electrons. The molecule has 0 saturated carbocycles. The van der Waals surface area contributed by atoms with Gasteiger partial charge >= 0.3 is 245 Å². The van der Waals surface area contributed by atoms with Gasteiger partial charge in [0.15, 0.2) is 0 Å². The van der Waals surface area contributed by atoms with E-state index in [-0.39, 0.29) is 54.2 Å². The Bertz CT molecular complexity index is 2210. The zero-order valence-electron chi connectivity index (χ0n) is 27.8. The Balaban J connectivity index is 1.44. The molecule has 2 aromatic heterocycles. The van der Waals surface area contributed by atoms with E-state index in [9.17, 15) is 24.7 Å². The molecule has 6 rings (SSSR count). The van der Waals surface area contributed by atoms with Crippen LogP contribution in [0, 0.1) is 11.0 Å². The molecular weight excluding hydrogens is 742 g/mol. The first-order chi connectivity index (χ1) is 23.3.